The van der Waals surface area contributed by atoms with E-state index >= 15 is 0 Å². The van der Waals surface area contributed by atoms with Crippen LogP contribution in [0.15, 0.2) is 78.9 Å². The average molecular weight is 420 g/mol. The maximum absolute atomic E-state index is 12.6. The van der Waals surface area contributed by atoms with E-state index in [-0.39, 0.29) is 30.6 Å². The molecule has 0 heterocycles. The van der Waals surface area contributed by atoms with Gasteiger partial charge in [0.2, 0.25) is 0 Å². The maximum Gasteiger partial charge on any atom is 0.347 e. The van der Waals surface area contributed by atoms with Gasteiger partial charge in [0.15, 0.2) is 0 Å². The van der Waals surface area contributed by atoms with Crippen LogP contribution in [0.4, 0.5) is 0 Å². The van der Waals surface area contributed by atoms with Gasteiger partial charge < -0.3 is 18.9 Å². The lowest BCUT2D eigenvalue weighted by atomic mass is 10.2. The topological polar surface area (TPSA) is 71.1 Å². The van der Waals surface area contributed by atoms with E-state index in [1.54, 1.807) is 42.5 Å². The highest BCUT2D eigenvalue weighted by Crippen LogP contribution is 2.22. The lowest BCUT2D eigenvalue weighted by molar-refractivity contribution is 0.0449. The van der Waals surface area contributed by atoms with Gasteiger partial charge >= 0.3 is 11.9 Å². The molecule has 0 unspecified atom stereocenters. The van der Waals surface area contributed by atoms with Crippen molar-refractivity contribution >= 4 is 11.9 Å². The zero-order chi connectivity index (χ0) is 22.1. The molecule has 0 aliphatic heterocycles. The molecule has 0 aliphatic carbocycles. The van der Waals surface area contributed by atoms with Gasteiger partial charge in [-0.25, -0.2) is 9.59 Å². The van der Waals surface area contributed by atoms with Gasteiger partial charge in [0, 0.05) is 0 Å². The minimum Gasteiger partial charge on any atom is -0.490 e. The Balaban J connectivity index is 1.57. The molecule has 0 radical (unpaired) electrons. The van der Waals surface area contributed by atoms with Gasteiger partial charge in [-0.2, -0.15) is 0 Å². The second-order valence-corrected chi connectivity index (χ2v) is 6.88. The van der Waals surface area contributed by atoms with E-state index < -0.39 is 11.9 Å². The molecule has 3 aromatic carbocycles. The molecule has 0 N–H and O–H groups in total. The summed E-state index contributed by atoms with van der Waals surface area (Å²) >= 11 is 0. The molecule has 0 atom stereocenters. The minimum atomic E-state index is -0.571. The van der Waals surface area contributed by atoms with Crippen LogP contribution in [0.3, 0.4) is 0 Å². The number of benzene rings is 3. The number of hydrogen-bond acceptors (Lipinski definition) is 6. The van der Waals surface area contributed by atoms with Gasteiger partial charge in [-0.05, 0) is 56.3 Å². The van der Waals surface area contributed by atoms with E-state index in [0.717, 1.165) is 0 Å². The zero-order valence-electron chi connectivity index (χ0n) is 17.4. The summed E-state index contributed by atoms with van der Waals surface area (Å²) in [4.78, 5) is 24.9. The molecular weight excluding hydrogens is 396 g/mol. The van der Waals surface area contributed by atoms with Gasteiger partial charge in [0.05, 0.1) is 11.7 Å². The van der Waals surface area contributed by atoms with Crippen LogP contribution in [0.2, 0.25) is 0 Å². The SMILES string of the molecule is CC(C)Oc1ccccc1C(=O)Oc1cccc(C(=O)OCCOc2ccccc2)c1. The predicted octanol–water partition coefficient (Wildman–Crippen LogP) is 4.93. The van der Waals surface area contributed by atoms with Crippen LogP contribution < -0.4 is 14.2 Å². The van der Waals surface area contributed by atoms with Crippen LogP contribution in [0.25, 0.3) is 0 Å². The Bertz CT molecular complexity index is 1010. The van der Waals surface area contributed by atoms with E-state index in [1.807, 2.05) is 44.2 Å². The summed E-state index contributed by atoms with van der Waals surface area (Å²) in [5.41, 5.74) is 0.582. The van der Waals surface area contributed by atoms with Crippen LogP contribution >= 0.6 is 0 Å². The number of ether oxygens (including phenoxy) is 4. The lowest BCUT2D eigenvalue weighted by Crippen LogP contribution is -2.14. The van der Waals surface area contributed by atoms with E-state index in [2.05, 4.69) is 0 Å². The zero-order valence-corrected chi connectivity index (χ0v) is 17.4. The Morgan fingerprint density at radius 2 is 1.48 bits per heavy atom. The molecule has 0 aliphatic rings. The first-order valence-corrected chi connectivity index (χ1v) is 9.96. The van der Waals surface area contributed by atoms with Gasteiger partial charge in [0.25, 0.3) is 0 Å². The molecular formula is C25H24O6. The molecule has 6 nitrogen and oxygen atoms in total. The molecule has 3 aromatic rings. The number of hydrogen-bond donors (Lipinski definition) is 0. The highest BCUT2D eigenvalue weighted by Gasteiger charge is 2.16. The highest BCUT2D eigenvalue weighted by atomic mass is 16.6. The molecule has 0 amide bonds. The second kappa shape index (κ2) is 10.8. The number of esters is 2. The van der Waals surface area contributed by atoms with E-state index in [0.29, 0.717) is 17.1 Å². The molecule has 3 rings (SSSR count). The number of carbonyl (C=O) groups is 2. The first kappa shape index (κ1) is 21.9. The summed E-state index contributed by atoms with van der Waals surface area (Å²) in [6.45, 7) is 4.08. The molecule has 160 valence electrons. The third-order valence-electron chi connectivity index (χ3n) is 4.08. The highest BCUT2D eigenvalue weighted by molar-refractivity contribution is 5.94. The molecule has 6 heteroatoms. The fourth-order valence-corrected chi connectivity index (χ4v) is 2.73. The number of para-hydroxylation sites is 2. The van der Waals surface area contributed by atoms with Gasteiger partial charge in [-0.3, -0.25) is 0 Å². The van der Waals surface area contributed by atoms with Crippen molar-refractivity contribution in [2.75, 3.05) is 13.2 Å². The van der Waals surface area contributed by atoms with Crippen molar-refractivity contribution in [2.24, 2.45) is 0 Å². The van der Waals surface area contributed by atoms with Crippen molar-refractivity contribution in [3.05, 3.63) is 90.0 Å². The van der Waals surface area contributed by atoms with E-state index in [9.17, 15) is 9.59 Å². The summed E-state index contributed by atoms with van der Waals surface area (Å²) in [7, 11) is 0. The van der Waals surface area contributed by atoms with Crippen LogP contribution in [0.1, 0.15) is 34.6 Å². The Labute approximate surface area is 181 Å². The van der Waals surface area contributed by atoms with Crippen molar-refractivity contribution in [1.29, 1.82) is 0 Å². The second-order valence-electron chi connectivity index (χ2n) is 6.88. The van der Waals surface area contributed by atoms with Crippen LogP contribution in [0, 0.1) is 0 Å². The predicted molar refractivity (Wildman–Crippen MR) is 116 cm³/mol. The van der Waals surface area contributed by atoms with Gasteiger partial charge in [-0.1, -0.05) is 36.4 Å². The fourth-order valence-electron chi connectivity index (χ4n) is 2.73. The van der Waals surface area contributed by atoms with Crippen molar-refractivity contribution < 1.29 is 28.5 Å². The quantitative estimate of drug-likeness (QED) is 0.278. The Hall–Kier alpha value is -3.80. The lowest BCUT2D eigenvalue weighted by Gasteiger charge is -2.13. The van der Waals surface area contributed by atoms with Crippen molar-refractivity contribution in [1.82, 2.24) is 0 Å². The number of rotatable bonds is 9. The summed E-state index contributed by atoms with van der Waals surface area (Å²) in [5, 5.41) is 0. The summed E-state index contributed by atoms with van der Waals surface area (Å²) in [5.74, 6) is 0.279. The summed E-state index contributed by atoms with van der Waals surface area (Å²) in [6, 6.07) is 22.4. The Kier molecular flexibility index (Phi) is 7.65. The van der Waals surface area contributed by atoms with Crippen LogP contribution in [0.5, 0.6) is 17.2 Å². The summed E-state index contributed by atoms with van der Waals surface area (Å²) < 4.78 is 21.8. The number of carbonyl (C=O) groups excluding carboxylic acids is 2. The molecule has 0 bridgehead atoms. The molecule has 0 saturated heterocycles. The Morgan fingerprint density at radius 3 is 2.26 bits per heavy atom. The van der Waals surface area contributed by atoms with Crippen molar-refractivity contribution in [3.8, 4) is 17.2 Å². The fraction of sp³-hybridized carbons (Fsp3) is 0.200. The molecule has 0 aromatic heterocycles. The Morgan fingerprint density at radius 1 is 0.774 bits per heavy atom. The van der Waals surface area contributed by atoms with Crippen molar-refractivity contribution in [3.63, 3.8) is 0 Å². The molecule has 31 heavy (non-hydrogen) atoms. The van der Waals surface area contributed by atoms with E-state index in [4.69, 9.17) is 18.9 Å². The van der Waals surface area contributed by atoms with Gasteiger partial charge in [0.1, 0.15) is 36.0 Å². The molecule has 0 fully saturated rings. The standard InChI is InChI=1S/C25H24O6/c1-18(2)30-23-14-7-6-13-22(23)25(27)31-21-12-8-9-19(17-21)24(26)29-16-15-28-20-10-4-3-5-11-20/h3-14,17-18H,15-16H2,1-2H3. The van der Waals surface area contributed by atoms with Crippen molar-refractivity contribution in [2.45, 2.75) is 20.0 Å². The molecule has 0 saturated carbocycles. The average Bonchev–Trinajstić information content (AvgIpc) is 2.77. The smallest absolute Gasteiger partial charge is 0.347 e. The maximum atomic E-state index is 12.6. The first-order chi connectivity index (χ1) is 15.0. The monoisotopic (exact) mass is 420 g/mol. The largest absolute Gasteiger partial charge is 0.490 e. The summed E-state index contributed by atoms with van der Waals surface area (Å²) in [6.07, 6.45) is -0.0853. The third kappa shape index (κ3) is 6.60. The van der Waals surface area contributed by atoms with Crippen LogP contribution in [-0.2, 0) is 4.74 Å². The minimum absolute atomic E-state index is 0.0853. The first-order valence-electron chi connectivity index (χ1n) is 9.96. The normalized spacial score (nSPS) is 10.4. The molecule has 0 spiro atoms. The third-order valence-corrected chi connectivity index (χ3v) is 4.08. The van der Waals surface area contributed by atoms with Gasteiger partial charge in [-0.15, -0.1) is 0 Å². The van der Waals surface area contributed by atoms with E-state index in [1.165, 1.54) is 6.07 Å². The van der Waals surface area contributed by atoms with Crippen LogP contribution in [-0.4, -0.2) is 31.3 Å².